The molecule has 19 N–H and O–H groups in total. The van der Waals surface area contributed by atoms with E-state index in [0.717, 1.165) is 0 Å². The molecule has 31 heteroatoms. The van der Waals surface area contributed by atoms with Crippen LogP contribution in [0.5, 0.6) is 5.75 Å². The second-order valence-electron chi connectivity index (χ2n) is 23.4. The van der Waals surface area contributed by atoms with E-state index < -0.39 is 121 Å². The number of benzene rings is 5. The SMILES string of the molecule is COCCNC(=O)c1nc(Nc2ccccc2)c(C(=O)NCCC(=O)NC(CO)C(=O)NC(Cc2ccccc2)C(=O)NC(Cc2ccccc2)C(=O)NC(Cc2ccc(O)cc2)C(=O)NC(CC(C)C)C(=O)NC(CCCNC(=N)N)C(=O)NC(CO)C(=O)O)nc1Nc1ccccc1. The topological polar surface area (TPSA) is 481 Å². The zero-order chi connectivity index (χ0) is 72.5. The van der Waals surface area contributed by atoms with Crippen LogP contribution in [0.1, 0.15) is 77.2 Å². The first-order valence-corrected chi connectivity index (χ1v) is 32.2. The van der Waals surface area contributed by atoms with Crippen LogP contribution < -0.4 is 69.5 Å². The lowest BCUT2D eigenvalue weighted by Crippen LogP contribution is -2.61. The predicted octanol–water partition coefficient (Wildman–Crippen LogP) is 0.666. The largest absolute Gasteiger partial charge is 0.508 e. The third kappa shape index (κ3) is 25.8. The Morgan fingerprint density at radius 2 is 0.870 bits per heavy atom. The molecule has 6 aromatic rings. The van der Waals surface area contributed by atoms with Gasteiger partial charge in [-0.25, -0.2) is 14.8 Å². The third-order valence-electron chi connectivity index (χ3n) is 15.1. The van der Waals surface area contributed by atoms with Gasteiger partial charge in [-0.1, -0.05) is 123 Å². The minimum atomic E-state index is -1.73. The van der Waals surface area contributed by atoms with Gasteiger partial charge in [0.15, 0.2) is 29.0 Å². The van der Waals surface area contributed by atoms with Crippen LogP contribution in [-0.4, -0.2) is 184 Å². The highest BCUT2D eigenvalue weighted by Crippen LogP contribution is 2.25. The number of nitrogens with one attached hydrogen (secondary N) is 13. The molecule has 0 aliphatic carbocycles. The molecule has 7 unspecified atom stereocenters. The molecule has 0 saturated carbocycles. The Balaban J connectivity index is 1.21. The number of phenols is 1. The molecule has 0 aliphatic heterocycles. The highest BCUT2D eigenvalue weighted by Gasteiger charge is 2.35. The lowest BCUT2D eigenvalue weighted by Gasteiger charge is -2.28. The lowest BCUT2D eigenvalue weighted by molar-refractivity contribution is -0.143. The van der Waals surface area contributed by atoms with Gasteiger partial charge in [-0.2, -0.15) is 0 Å². The zero-order valence-electron chi connectivity index (χ0n) is 55.4. The first-order valence-electron chi connectivity index (χ1n) is 32.2. The van der Waals surface area contributed by atoms with Crippen LogP contribution in [0.25, 0.3) is 0 Å². The van der Waals surface area contributed by atoms with Gasteiger partial charge < -0.3 is 94.7 Å². The van der Waals surface area contributed by atoms with Crippen LogP contribution in [0, 0.1) is 11.3 Å². The summed E-state index contributed by atoms with van der Waals surface area (Å²) < 4.78 is 5.09. The summed E-state index contributed by atoms with van der Waals surface area (Å²) in [4.78, 5) is 149. The number of aromatic nitrogens is 2. The maximum absolute atomic E-state index is 14.9. The number of nitrogens with two attached hydrogens (primary N) is 1. The van der Waals surface area contributed by atoms with E-state index in [-0.39, 0.29) is 105 Å². The number of hydrogen-bond donors (Lipinski definition) is 18. The van der Waals surface area contributed by atoms with Crippen LogP contribution in [0.4, 0.5) is 23.0 Å². The maximum Gasteiger partial charge on any atom is 0.328 e. The molecule has 0 bridgehead atoms. The Kier molecular flexibility index (Phi) is 31.1. The van der Waals surface area contributed by atoms with Gasteiger partial charge >= 0.3 is 5.97 Å². The molecular formula is C69H86N16O15. The number of aliphatic hydroxyl groups excluding tert-OH is 2. The van der Waals surface area contributed by atoms with Crippen molar-refractivity contribution in [2.75, 3.05) is 57.2 Å². The van der Waals surface area contributed by atoms with Gasteiger partial charge in [0.1, 0.15) is 48.0 Å². The number of nitrogens with zero attached hydrogens (tertiary/aromatic N) is 2. The van der Waals surface area contributed by atoms with Crippen molar-refractivity contribution in [2.24, 2.45) is 11.7 Å². The molecular weight excluding hydrogens is 1290 g/mol. The van der Waals surface area contributed by atoms with E-state index in [1.54, 1.807) is 135 Å². The lowest BCUT2D eigenvalue weighted by atomic mass is 9.99. The first-order chi connectivity index (χ1) is 48.0. The Morgan fingerprint density at radius 1 is 0.480 bits per heavy atom. The van der Waals surface area contributed by atoms with E-state index in [1.165, 1.54) is 31.4 Å². The summed E-state index contributed by atoms with van der Waals surface area (Å²) in [6.07, 6.45) is -1.09. The summed E-state index contributed by atoms with van der Waals surface area (Å²) in [5.41, 5.74) is 7.50. The van der Waals surface area contributed by atoms with E-state index in [4.69, 9.17) is 15.9 Å². The molecule has 5 aromatic carbocycles. The number of phenolic OH excluding ortho intramolecular Hbond substituents is 1. The molecule has 6 rings (SSSR count). The maximum atomic E-state index is 14.9. The van der Waals surface area contributed by atoms with Crippen LogP contribution in [0.2, 0.25) is 0 Å². The number of anilines is 4. The van der Waals surface area contributed by atoms with Gasteiger partial charge in [0.05, 0.1) is 19.8 Å². The molecule has 100 heavy (non-hydrogen) atoms. The number of rotatable bonds is 40. The minimum absolute atomic E-state index is 0.0252. The van der Waals surface area contributed by atoms with E-state index in [9.17, 15) is 68.4 Å². The Bertz CT molecular complexity index is 3710. The van der Waals surface area contributed by atoms with Gasteiger partial charge in [0.25, 0.3) is 11.8 Å². The number of aromatic hydroxyl groups is 1. The molecule has 9 amide bonds. The van der Waals surface area contributed by atoms with E-state index in [0.29, 0.717) is 28.1 Å². The fraction of sp³-hybridized carbons (Fsp3) is 0.348. The predicted molar refractivity (Wildman–Crippen MR) is 369 cm³/mol. The molecule has 0 saturated heterocycles. The molecule has 1 aromatic heterocycles. The van der Waals surface area contributed by atoms with Crippen molar-refractivity contribution in [3.63, 3.8) is 0 Å². The number of amides is 9. The van der Waals surface area contributed by atoms with Crippen LogP contribution >= 0.6 is 0 Å². The second kappa shape index (κ2) is 40.2. The number of carboxylic acids is 1. The fourth-order valence-electron chi connectivity index (χ4n) is 9.94. The molecule has 0 spiro atoms. The Hall–Kier alpha value is -11.6. The van der Waals surface area contributed by atoms with Gasteiger partial charge in [0.2, 0.25) is 41.4 Å². The summed E-state index contributed by atoms with van der Waals surface area (Å²) in [5, 5.41) is 79.4. The van der Waals surface area contributed by atoms with E-state index in [2.05, 4.69) is 73.8 Å². The molecule has 7 atom stereocenters. The normalized spacial score (nSPS) is 13.0. The summed E-state index contributed by atoms with van der Waals surface area (Å²) in [6.45, 7) is 1.63. The number of aliphatic hydroxyl groups is 2. The number of hydrogen-bond acceptors (Lipinski definition) is 19. The average Bonchev–Trinajstić information content (AvgIpc) is 0.798. The third-order valence-corrected chi connectivity index (χ3v) is 15.1. The molecule has 31 nitrogen and oxygen atoms in total. The number of guanidine groups is 1. The first kappa shape index (κ1) is 77.4. The molecule has 0 aliphatic rings. The monoisotopic (exact) mass is 1380 g/mol. The smallest absolute Gasteiger partial charge is 0.328 e. The van der Waals surface area contributed by atoms with Crippen LogP contribution in [-0.2, 0) is 62.4 Å². The quantitative estimate of drug-likeness (QED) is 0.0143. The number of methoxy groups -OCH3 is 1. The number of para-hydroxylation sites is 2. The molecule has 532 valence electrons. The van der Waals surface area contributed by atoms with Gasteiger partial charge in [-0.3, -0.25) is 48.6 Å². The van der Waals surface area contributed by atoms with Gasteiger partial charge in [-0.05, 0) is 78.3 Å². The summed E-state index contributed by atoms with van der Waals surface area (Å²) >= 11 is 0. The Morgan fingerprint density at radius 3 is 1.30 bits per heavy atom. The van der Waals surface area contributed by atoms with Crippen molar-refractivity contribution in [1.82, 2.24) is 63.1 Å². The van der Waals surface area contributed by atoms with Crippen molar-refractivity contribution in [1.29, 1.82) is 5.41 Å². The second-order valence-corrected chi connectivity index (χ2v) is 23.4. The summed E-state index contributed by atoms with van der Waals surface area (Å²) in [6, 6.07) is 29.2. The molecule has 0 fully saturated rings. The zero-order valence-corrected chi connectivity index (χ0v) is 55.4. The number of aliphatic carboxylic acids is 1. The molecule has 1 heterocycles. The van der Waals surface area contributed by atoms with Crippen molar-refractivity contribution in [2.45, 2.75) is 101 Å². The minimum Gasteiger partial charge on any atom is -0.508 e. The highest BCUT2D eigenvalue weighted by molar-refractivity contribution is 6.03. The standard InChI is InChI=1S/C69H86N16O15/c1-41(2)35-49(61(91)78-48(25-16-31-74-69(70)71)60(90)83-54(40-87)68(98)99)79-62(92)52(38-44-26-28-47(88)29-27-44)81-63(93)50(36-42-17-8-4-9-18-42)80-64(94)51(37-43-19-10-5-11-20-43)82-65(95)53(39-86)77-55(89)30-32-72-66(96)56-58(75-45-21-12-6-13-22-45)85-57(67(97)73-33-34-100-3)59(84-56)76-46-23-14-7-15-24-46/h4-15,17-24,26-29,41,48-54,86-88H,16,25,30-40H2,1-3H3,(H,72,96)(H,73,97)(H,75,85)(H,76,84)(H,77,89)(H,78,91)(H,79,92)(H,80,94)(H,81,93)(H,82,95)(H,83,90)(H,98,99)(H4,70,71,74). The number of ether oxygens (including phenoxy) is 1. The van der Waals surface area contributed by atoms with Crippen molar-refractivity contribution in [3.05, 3.63) is 174 Å². The average molecular weight is 1380 g/mol. The Labute approximate surface area is 576 Å². The van der Waals surface area contributed by atoms with Crippen LogP contribution in [0.3, 0.4) is 0 Å². The van der Waals surface area contributed by atoms with Gasteiger partial charge in [0, 0.05) is 63.8 Å². The van der Waals surface area contributed by atoms with E-state index in [1.807, 2.05) is 0 Å². The summed E-state index contributed by atoms with van der Waals surface area (Å²) in [5.74, 6) is -10.4. The number of carbonyl (C=O) groups excluding carboxylic acids is 9. The van der Waals surface area contributed by atoms with Gasteiger partial charge in [-0.15, -0.1) is 0 Å². The molecule has 0 radical (unpaired) electrons. The van der Waals surface area contributed by atoms with Crippen molar-refractivity contribution < 1.29 is 73.1 Å². The van der Waals surface area contributed by atoms with Crippen molar-refractivity contribution >= 4 is 88.1 Å². The van der Waals surface area contributed by atoms with Crippen LogP contribution in [0.15, 0.2) is 146 Å². The highest BCUT2D eigenvalue weighted by atomic mass is 16.5. The van der Waals surface area contributed by atoms with Crippen molar-refractivity contribution in [3.8, 4) is 5.75 Å². The fourth-order valence-corrected chi connectivity index (χ4v) is 9.94. The summed E-state index contributed by atoms with van der Waals surface area (Å²) in [7, 11) is 1.48. The van der Waals surface area contributed by atoms with E-state index >= 15 is 0 Å². The number of carbonyl (C=O) groups is 10. The number of carboxylic acid groups (broad SMARTS) is 1.